The molecule has 29 heavy (non-hydrogen) atoms. The van der Waals surface area contributed by atoms with E-state index in [0.29, 0.717) is 24.2 Å². The highest BCUT2D eigenvalue weighted by Crippen LogP contribution is 2.39. The van der Waals surface area contributed by atoms with Crippen LogP contribution in [0, 0.1) is 5.41 Å². The van der Waals surface area contributed by atoms with Gasteiger partial charge in [-0.3, -0.25) is 14.5 Å². The van der Waals surface area contributed by atoms with Crippen LogP contribution in [0.15, 0.2) is 42.5 Å². The van der Waals surface area contributed by atoms with Crippen molar-refractivity contribution in [2.75, 3.05) is 13.1 Å². The third-order valence-corrected chi connectivity index (χ3v) is 6.54. The second kappa shape index (κ2) is 6.17. The van der Waals surface area contributed by atoms with Crippen LogP contribution >= 0.6 is 0 Å². The molecule has 1 saturated heterocycles. The predicted octanol–water partition coefficient (Wildman–Crippen LogP) is 3.22. The van der Waals surface area contributed by atoms with Gasteiger partial charge in [0.2, 0.25) is 0 Å². The summed E-state index contributed by atoms with van der Waals surface area (Å²) in [5, 5.41) is 3.11. The average molecular weight is 390 g/mol. The maximum atomic E-state index is 13.4. The van der Waals surface area contributed by atoms with Gasteiger partial charge in [-0.2, -0.15) is 0 Å². The van der Waals surface area contributed by atoms with Crippen molar-refractivity contribution in [1.29, 1.82) is 0 Å². The highest BCUT2D eigenvalue weighted by Gasteiger charge is 2.51. The number of benzene rings is 2. The lowest BCUT2D eigenvalue weighted by atomic mass is 9.78. The normalized spacial score (nSPS) is 27.5. The molecule has 2 aromatic carbocycles. The van der Waals surface area contributed by atoms with Gasteiger partial charge in [-0.05, 0) is 44.0 Å². The summed E-state index contributed by atoms with van der Waals surface area (Å²) in [5.41, 5.74) is 2.70. The molecule has 5 nitrogen and oxygen atoms in total. The maximum Gasteiger partial charge on any atom is 0.252 e. The largest absolute Gasteiger partial charge is 0.487 e. The Kier molecular flexibility index (Phi) is 3.91. The molecule has 0 bridgehead atoms. The SMILES string of the molecule is CC1(C)Cc2cc(CN3C[C@H]4NC(=O)c5ccccc5C(=O)[C@@]4(C)C3)ccc2O1. The van der Waals surface area contributed by atoms with Gasteiger partial charge in [0.1, 0.15) is 11.4 Å². The lowest BCUT2D eigenvalue weighted by Gasteiger charge is -2.27. The first kappa shape index (κ1) is 18.4. The Hall–Kier alpha value is -2.66. The number of likely N-dealkylation sites (tertiary alicyclic amines) is 1. The Balaban J connectivity index is 1.39. The van der Waals surface area contributed by atoms with E-state index in [9.17, 15) is 9.59 Å². The molecule has 0 unspecified atom stereocenters. The molecule has 0 aromatic heterocycles. The number of hydrogen-bond donors (Lipinski definition) is 1. The first-order valence-corrected chi connectivity index (χ1v) is 10.2. The molecule has 0 spiro atoms. The number of carbonyl (C=O) groups excluding carboxylic acids is 2. The average Bonchev–Trinajstić information content (AvgIpc) is 3.13. The molecule has 1 N–H and O–H groups in total. The molecule has 3 aliphatic heterocycles. The van der Waals surface area contributed by atoms with E-state index in [1.807, 2.05) is 13.0 Å². The van der Waals surface area contributed by atoms with Gasteiger partial charge in [0, 0.05) is 31.6 Å². The zero-order valence-corrected chi connectivity index (χ0v) is 17.1. The standard InChI is InChI=1S/C24H26N2O3/c1-23(2)11-16-10-15(8-9-19(16)29-23)12-26-13-20-24(3,14-26)21(27)17-6-4-5-7-18(17)22(28)25-20/h4-10,20H,11-14H2,1-3H3,(H,25,28)/t20-,24+/m1/s1. The van der Waals surface area contributed by atoms with E-state index in [4.69, 9.17) is 4.74 Å². The predicted molar refractivity (Wildman–Crippen MR) is 110 cm³/mol. The van der Waals surface area contributed by atoms with Crippen molar-refractivity contribution in [3.8, 4) is 5.75 Å². The van der Waals surface area contributed by atoms with Gasteiger partial charge in [-0.25, -0.2) is 0 Å². The van der Waals surface area contributed by atoms with Crippen molar-refractivity contribution < 1.29 is 14.3 Å². The maximum absolute atomic E-state index is 13.4. The third kappa shape index (κ3) is 2.96. The highest BCUT2D eigenvalue weighted by atomic mass is 16.5. The van der Waals surface area contributed by atoms with E-state index < -0.39 is 5.41 Å². The molecule has 150 valence electrons. The molecule has 2 aromatic rings. The summed E-state index contributed by atoms with van der Waals surface area (Å²) < 4.78 is 5.98. The van der Waals surface area contributed by atoms with Crippen molar-refractivity contribution in [1.82, 2.24) is 10.2 Å². The van der Waals surface area contributed by atoms with E-state index in [1.165, 1.54) is 11.1 Å². The smallest absolute Gasteiger partial charge is 0.252 e. The number of carbonyl (C=O) groups is 2. The summed E-state index contributed by atoms with van der Waals surface area (Å²) in [5.74, 6) is 0.876. The molecule has 5 rings (SSSR count). The Morgan fingerprint density at radius 3 is 2.66 bits per heavy atom. The van der Waals surface area contributed by atoms with E-state index in [-0.39, 0.29) is 23.3 Å². The molecular weight excluding hydrogens is 364 g/mol. The fourth-order valence-electron chi connectivity index (χ4n) is 5.10. The second-order valence-electron chi connectivity index (χ2n) is 9.47. The molecule has 0 aliphatic carbocycles. The zero-order chi connectivity index (χ0) is 20.4. The van der Waals surface area contributed by atoms with Gasteiger partial charge in [0.15, 0.2) is 5.78 Å². The minimum Gasteiger partial charge on any atom is -0.487 e. The van der Waals surface area contributed by atoms with Crippen LogP contribution in [0.1, 0.15) is 52.6 Å². The minimum atomic E-state index is -0.621. The summed E-state index contributed by atoms with van der Waals surface area (Å²) in [6.07, 6.45) is 0.905. The minimum absolute atomic E-state index is 0.0584. The molecule has 5 heteroatoms. The van der Waals surface area contributed by atoms with Crippen LogP contribution in [-0.4, -0.2) is 41.3 Å². The number of rotatable bonds is 2. The zero-order valence-electron chi connectivity index (χ0n) is 17.1. The fourth-order valence-corrected chi connectivity index (χ4v) is 5.10. The second-order valence-corrected chi connectivity index (χ2v) is 9.47. The number of ketones is 1. The lowest BCUT2D eigenvalue weighted by molar-refractivity contribution is 0.0789. The van der Waals surface area contributed by atoms with Crippen molar-refractivity contribution >= 4 is 11.7 Å². The van der Waals surface area contributed by atoms with Crippen molar-refractivity contribution in [3.63, 3.8) is 0 Å². The Bertz CT molecular complexity index is 1030. The number of fused-ring (bicyclic) bond motifs is 3. The molecule has 2 atom stereocenters. The van der Waals surface area contributed by atoms with E-state index in [1.54, 1.807) is 18.2 Å². The third-order valence-electron chi connectivity index (χ3n) is 6.54. The van der Waals surface area contributed by atoms with Gasteiger partial charge in [-0.1, -0.05) is 30.3 Å². The quantitative estimate of drug-likeness (QED) is 0.855. The molecule has 1 amide bonds. The molecule has 3 heterocycles. The number of amides is 1. The number of Topliss-reactive ketones (excluding diaryl/α,β-unsaturated/α-hetero) is 1. The molecule has 0 saturated carbocycles. The van der Waals surface area contributed by atoms with E-state index >= 15 is 0 Å². The number of nitrogens with zero attached hydrogens (tertiary/aromatic N) is 1. The van der Waals surface area contributed by atoms with Crippen LogP contribution in [-0.2, 0) is 13.0 Å². The van der Waals surface area contributed by atoms with Gasteiger partial charge in [-0.15, -0.1) is 0 Å². The van der Waals surface area contributed by atoms with Gasteiger partial charge < -0.3 is 10.1 Å². The molecule has 1 fully saturated rings. The Morgan fingerprint density at radius 2 is 1.86 bits per heavy atom. The highest BCUT2D eigenvalue weighted by molar-refractivity contribution is 6.12. The first-order valence-electron chi connectivity index (χ1n) is 10.2. The van der Waals surface area contributed by atoms with Crippen molar-refractivity contribution in [3.05, 3.63) is 64.7 Å². The van der Waals surface area contributed by atoms with E-state index in [2.05, 4.69) is 42.3 Å². The van der Waals surface area contributed by atoms with Gasteiger partial charge >= 0.3 is 0 Å². The molecule has 3 aliphatic rings. The van der Waals surface area contributed by atoms with Crippen LogP contribution in [0.2, 0.25) is 0 Å². The Labute approximate surface area is 171 Å². The van der Waals surface area contributed by atoms with Crippen LogP contribution < -0.4 is 10.1 Å². The van der Waals surface area contributed by atoms with Crippen molar-refractivity contribution in [2.45, 2.75) is 45.4 Å². The summed E-state index contributed by atoms with van der Waals surface area (Å²) in [4.78, 5) is 28.3. The van der Waals surface area contributed by atoms with Crippen LogP contribution in [0.4, 0.5) is 0 Å². The molecule has 0 radical (unpaired) electrons. The fraction of sp³-hybridized carbons (Fsp3) is 0.417. The van der Waals surface area contributed by atoms with Gasteiger partial charge in [0.05, 0.1) is 17.0 Å². The lowest BCUT2D eigenvalue weighted by Crippen LogP contribution is -2.47. The summed E-state index contributed by atoms with van der Waals surface area (Å²) in [6.45, 7) is 8.25. The van der Waals surface area contributed by atoms with Crippen LogP contribution in [0.3, 0.4) is 0 Å². The summed E-state index contributed by atoms with van der Waals surface area (Å²) >= 11 is 0. The summed E-state index contributed by atoms with van der Waals surface area (Å²) in [7, 11) is 0. The van der Waals surface area contributed by atoms with Gasteiger partial charge in [0.25, 0.3) is 5.91 Å². The van der Waals surface area contributed by atoms with Crippen LogP contribution in [0.25, 0.3) is 0 Å². The van der Waals surface area contributed by atoms with Crippen LogP contribution in [0.5, 0.6) is 5.75 Å². The van der Waals surface area contributed by atoms with Crippen molar-refractivity contribution in [2.24, 2.45) is 5.41 Å². The number of hydrogen-bond acceptors (Lipinski definition) is 4. The first-order chi connectivity index (χ1) is 13.7. The topological polar surface area (TPSA) is 58.6 Å². The summed E-state index contributed by atoms with van der Waals surface area (Å²) in [6, 6.07) is 13.3. The number of nitrogens with one attached hydrogen (secondary N) is 1. The van der Waals surface area contributed by atoms with E-state index in [0.717, 1.165) is 18.7 Å². The monoisotopic (exact) mass is 390 g/mol. The number of ether oxygens (including phenoxy) is 1. The molecular formula is C24H26N2O3. The Morgan fingerprint density at radius 1 is 1.10 bits per heavy atom.